The van der Waals surface area contributed by atoms with Crippen LogP contribution in [0.1, 0.15) is 25.6 Å². The summed E-state index contributed by atoms with van der Waals surface area (Å²) in [5, 5.41) is 12.9. The molecule has 1 rings (SSSR count). The van der Waals surface area contributed by atoms with E-state index in [0.29, 0.717) is 12.4 Å². The minimum atomic E-state index is -3.45. The van der Waals surface area contributed by atoms with Crippen molar-refractivity contribution in [2.45, 2.75) is 26.3 Å². The van der Waals surface area contributed by atoms with Gasteiger partial charge in [0.25, 0.3) is 10.2 Å². The molecule has 0 fully saturated rings. The molecule has 92 valence electrons. The first-order valence-electron chi connectivity index (χ1n) is 4.99. The molecule has 0 saturated carbocycles. The summed E-state index contributed by atoms with van der Waals surface area (Å²) in [7, 11) is -1.91. The van der Waals surface area contributed by atoms with E-state index in [1.165, 1.54) is 11.4 Å². The van der Waals surface area contributed by atoms with Gasteiger partial charge in [-0.25, -0.2) is 0 Å². The van der Waals surface area contributed by atoms with Gasteiger partial charge in [-0.2, -0.15) is 22.7 Å². The number of aromatic nitrogens is 4. The van der Waals surface area contributed by atoms with Gasteiger partial charge in [-0.05, 0) is 6.42 Å². The van der Waals surface area contributed by atoms with Gasteiger partial charge in [0.05, 0.1) is 6.54 Å². The maximum absolute atomic E-state index is 11.7. The minimum Gasteiger partial charge on any atom is -0.195 e. The quantitative estimate of drug-likeness (QED) is 0.661. The molecular weight excluding hydrogens is 232 g/mol. The molecule has 1 aromatic rings. The first-order chi connectivity index (χ1) is 7.56. The maximum atomic E-state index is 11.7. The number of hydrogen-bond donors (Lipinski definition) is 2. The average molecular weight is 248 g/mol. The van der Waals surface area contributed by atoms with E-state index in [9.17, 15) is 8.42 Å². The fourth-order valence-corrected chi connectivity index (χ4v) is 1.93. The van der Waals surface area contributed by atoms with Crippen molar-refractivity contribution in [1.82, 2.24) is 29.7 Å². The van der Waals surface area contributed by atoms with Gasteiger partial charge in [0.1, 0.15) is 0 Å². The van der Waals surface area contributed by atoms with Crippen LogP contribution in [0.15, 0.2) is 0 Å². The molecule has 0 saturated heterocycles. The lowest BCUT2D eigenvalue weighted by Gasteiger charge is -2.16. The summed E-state index contributed by atoms with van der Waals surface area (Å²) >= 11 is 0. The number of tetrazole rings is 1. The summed E-state index contributed by atoms with van der Waals surface area (Å²) in [4.78, 5) is 0. The Morgan fingerprint density at radius 1 is 1.50 bits per heavy atom. The van der Waals surface area contributed by atoms with Gasteiger partial charge in [0.15, 0.2) is 5.82 Å². The number of rotatable bonds is 7. The van der Waals surface area contributed by atoms with Crippen LogP contribution >= 0.6 is 0 Å². The van der Waals surface area contributed by atoms with E-state index in [0.717, 1.165) is 12.8 Å². The molecule has 0 aliphatic carbocycles. The summed E-state index contributed by atoms with van der Waals surface area (Å²) in [6.45, 7) is 2.54. The highest BCUT2D eigenvalue weighted by molar-refractivity contribution is 7.87. The molecule has 0 bridgehead atoms. The Labute approximate surface area is 94.6 Å². The second kappa shape index (κ2) is 5.87. The molecule has 2 N–H and O–H groups in total. The van der Waals surface area contributed by atoms with E-state index >= 15 is 0 Å². The summed E-state index contributed by atoms with van der Waals surface area (Å²) in [5.74, 6) is 0.312. The zero-order chi connectivity index (χ0) is 12.0. The van der Waals surface area contributed by atoms with Gasteiger partial charge in [0.2, 0.25) is 0 Å². The fourth-order valence-electron chi connectivity index (χ4n) is 1.02. The molecule has 8 nitrogen and oxygen atoms in total. The first-order valence-corrected chi connectivity index (χ1v) is 6.43. The van der Waals surface area contributed by atoms with Crippen LogP contribution in [0.25, 0.3) is 0 Å². The Morgan fingerprint density at radius 2 is 2.25 bits per heavy atom. The van der Waals surface area contributed by atoms with Crippen molar-refractivity contribution in [3.8, 4) is 0 Å². The van der Waals surface area contributed by atoms with Gasteiger partial charge in [-0.3, -0.25) is 0 Å². The van der Waals surface area contributed by atoms with Crippen molar-refractivity contribution in [3.05, 3.63) is 5.82 Å². The topological polar surface area (TPSA) is 104 Å². The van der Waals surface area contributed by atoms with Crippen molar-refractivity contribution in [1.29, 1.82) is 0 Å². The normalized spacial score (nSPS) is 12.2. The minimum absolute atomic E-state index is 0.0370. The van der Waals surface area contributed by atoms with E-state index < -0.39 is 10.2 Å². The highest BCUT2D eigenvalue weighted by atomic mass is 32.2. The largest absolute Gasteiger partial charge is 0.279 e. The second-order valence-electron chi connectivity index (χ2n) is 3.33. The molecule has 0 aliphatic heterocycles. The molecule has 0 amide bonds. The van der Waals surface area contributed by atoms with E-state index in [2.05, 4.69) is 25.3 Å². The predicted octanol–water partition coefficient (Wildman–Crippen LogP) is -0.734. The van der Waals surface area contributed by atoms with Crippen LogP contribution in [0.4, 0.5) is 0 Å². The van der Waals surface area contributed by atoms with Crippen LogP contribution in [0.3, 0.4) is 0 Å². The molecule has 0 unspecified atom stereocenters. The lowest BCUT2D eigenvalue weighted by atomic mass is 10.3. The summed E-state index contributed by atoms with van der Waals surface area (Å²) < 4.78 is 27.0. The van der Waals surface area contributed by atoms with Crippen LogP contribution in [0.2, 0.25) is 0 Å². The fraction of sp³-hybridized carbons (Fsp3) is 0.857. The number of aromatic amines is 1. The maximum Gasteiger partial charge on any atom is 0.279 e. The molecule has 0 atom stereocenters. The van der Waals surface area contributed by atoms with Gasteiger partial charge in [-0.1, -0.05) is 18.6 Å². The van der Waals surface area contributed by atoms with Crippen molar-refractivity contribution in [3.63, 3.8) is 0 Å². The number of nitrogens with zero attached hydrogens (tertiary/aromatic N) is 4. The smallest absolute Gasteiger partial charge is 0.195 e. The Kier molecular flexibility index (Phi) is 4.77. The van der Waals surface area contributed by atoms with Crippen LogP contribution in [0, 0.1) is 0 Å². The third-order valence-corrected chi connectivity index (χ3v) is 3.55. The number of hydrogen-bond acceptors (Lipinski definition) is 5. The van der Waals surface area contributed by atoms with Crippen LogP contribution in [-0.4, -0.2) is 46.9 Å². The van der Waals surface area contributed by atoms with Crippen molar-refractivity contribution < 1.29 is 8.42 Å². The zero-order valence-electron chi connectivity index (χ0n) is 9.34. The Hall–Kier alpha value is -1.06. The van der Waals surface area contributed by atoms with Crippen molar-refractivity contribution in [2.75, 3.05) is 13.6 Å². The van der Waals surface area contributed by atoms with Crippen molar-refractivity contribution in [2.24, 2.45) is 0 Å². The highest BCUT2D eigenvalue weighted by Crippen LogP contribution is 1.98. The average Bonchev–Trinajstić information content (AvgIpc) is 2.76. The van der Waals surface area contributed by atoms with E-state index in [4.69, 9.17) is 0 Å². The standard InChI is InChI=1S/C7H16N6O2S/c1-3-4-5-13(2)16(14,15)8-6-7-9-11-12-10-7/h8H,3-6H2,1-2H3,(H,9,10,11,12). The Bertz CT molecular complexity index is 389. The van der Waals surface area contributed by atoms with Gasteiger partial charge in [0, 0.05) is 13.6 Å². The molecule has 16 heavy (non-hydrogen) atoms. The van der Waals surface area contributed by atoms with Crippen LogP contribution < -0.4 is 4.72 Å². The molecule has 0 radical (unpaired) electrons. The summed E-state index contributed by atoms with van der Waals surface area (Å²) in [6.07, 6.45) is 1.78. The first kappa shape index (κ1) is 13.0. The van der Waals surface area contributed by atoms with E-state index in [-0.39, 0.29) is 6.54 Å². The molecule has 0 aliphatic rings. The molecule has 9 heteroatoms. The van der Waals surface area contributed by atoms with Gasteiger partial charge in [-0.15, -0.1) is 10.2 Å². The third-order valence-electron chi connectivity index (χ3n) is 2.04. The number of unbranched alkanes of at least 4 members (excludes halogenated alkanes) is 1. The Balaban J connectivity index is 2.45. The lowest BCUT2D eigenvalue weighted by Crippen LogP contribution is -2.38. The summed E-state index contributed by atoms with van der Waals surface area (Å²) in [5.41, 5.74) is 0. The zero-order valence-corrected chi connectivity index (χ0v) is 10.2. The lowest BCUT2D eigenvalue weighted by molar-refractivity contribution is 0.448. The molecular formula is C7H16N6O2S. The third kappa shape index (κ3) is 3.83. The molecule has 0 aromatic carbocycles. The van der Waals surface area contributed by atoms with E-state index in [1.807, 2.05) is 6.92 Å². The Morgan fingerprint density at radius 3 is 2.81 bits per heavy atom. The van der Waals surface area contributed by atoms with Crippen LogP contribution in [0.5, 0.6) is 0 Å². The van der Waals surface area contributed by atoms with Crippen molar-refractivity contribution >= 4 is 10.2 Å². The second-order valence-corrected chi connectivity index (χ2v) is 5.19. The SMILES string of the molecule is CCCCN(C)S(=O)(=O)NCc1nn[nH]n1. The predicted molar refractivity (Wildman–Crippen MR) is 57.5 cm³/mol. The summed E-state index contributed by atoms with van der Waals surface area (Å²) in [6, 6.07) is 0. The van der Waals surface area contributed by atoms with Crippen LogP contribution in [-0.2, 0) is 16.8 Å². The number of H-pyrrole nitrogens is 1. The van der Waals surface area contributed by atoms with Gasteiger partial charge < -0.3 is 0 Å². The molecule has 1 heterocycles. The monoisotopic (exact) mass is 248 g/mol. The highest BCUT2D eigenvalue weighted by Gasteiger charge is 2.16. The van der Waals surface area contributed by atoms with E-state index in [1.54, 1.807) is 0 Å². The molecule has 1 aromatic heterocycles. The van der Waals surface area contributed by atoms with Gasteiger partial charge >= 0.3 is 0 Å². The number of nitrogens with one attached hydrogen (secondary N) is 2. The molecule has 0 spiro atoms.